The maximum atomic E-state index is 5.92. The molecule has 7 heteroatoms. The molecule has 0 saturated carbocycles. The zero-order valence-corrected chi connectivity index (χ0v) is 18.2. The highest BCUT2D eigenvalue weighted by molar-refractivity contribution is 5.89. The first-order valence-corrected chi connectivity index (χ1v) is 10.6. The minimum Gasteiger partial charge on any atom is -0.496 e. The van der Waals surface area contributed by atoms with Gasteiger partial charge >= 0.3 is 0 Å². The summed E-state index contributed by atoms with van der Waals surface area (Å²) >= 11 is 0. The van der Waals surface area contributed by atoms with Gasteiger partial charge in [0, 0.05) is 42.0 Å². The molecular weight excluding hydrogens is 402 g/mol. The van der Waals surface area contributed by atoms with Gasteiger partial charge in [-0.15, -0.1) is 0 Å². The molecule has 3 heterocycles. The van der Waals surface area contributed by atoms with Crippen LogP contribution >= 0.6 is 0 Å². The van der Waals surface area contributed by atoms with Crippen LogP contribution in [0.1, 0.15) is 17.9 Å². The molecule has 162 valence electrons. The fraction of sp³-hybridized carbons (Fsp3) is 0.240. The second-order valence-corrected chi connectivity index (χ2v) is 8.11. The molecule has 2 aromatic carbocycles. The lowest BCUT2D eigenvalue weighted by Gasteiger charge is -2.17. The van der Waals surface area contributed by atoms with Crippen molar-refractivity contribution in [1.29, 1.82) is 0 Å². The molecule has 1 aliphatic heterocycles. The molecule has 0 bridgehead atoms. The number of methoxy groups -OCH3 is 1. The number of likely N-dealkylation sites (tertiary alicyclic amines) is 1. The Morgan fingerprint density at radius 2 is 2.00 bits per heavy atom. The number of nitrogens with two attached hydrogens (primary N) is 1. The van der Waals surface area contributed by atoms with Crippen molar-refractivity contribution in [2.24, 2.45) is 0 Å². The van der Waals surface area contributed by atoms with Crippen LogP contribution in [0.3, 0.4) is 0 Å². The Morgan fingerprint density at radius 1 is 1.09 bits per heavy atom. The van der Waals surface area contributed by atoms with Crippen LogP contribution in [0, 0.1) is 0 Å². The summed E-state index contributed by atoms with van der Waals surface area (Å²) in [5.41, 5.74) is 10.1. The van der Waals surface area contributed by atoms with Crippen molar-refractivity contribution in [3.63, 3.8) is 0 Å². The van der Waals surface area contributed by atoms with E-state index in [-0.39, 0.29) is 0 Å². The van der Waals surface area contributed by atoms with Crippen LogP contribution in [0.4, 0.5) is 5.95 Å². The van der Waals surface area contributed by atoms with E-state index in [1.165, 1.54) is 5.56 Å². The zero-order valence-electron chi connectivity index (χ0n) is 18.2. The second kappa shape index (κ2) is 8.43. The second-order valence-electron chi connectivity index (χ2n) is 8.11. The van der Waals surface area contributed by atoms with Crippen molar-refractivity contribution in [2.75, 3.05) is 33.0 Å². The van der Waals surface area contributed by atoms with Gasteiger partial charge in [-0.1, -0.05) is 6.07 Å². The predicted molar refractivity (Wildman–Crippen MR) is 125 cm³/mol. The van der Waals surface area contributed by atoms with Gasteiger partial charge in [0.1, 0.15) is 11.5 Å². The highest BCUT2D eigenvalue weighted by Crippen LogP contribution is 2.39. The lowest BCUT2D eigenvalue weighted by atomic mass is 9.91. The average Bonchev–Trinajstić information content (AvgIpc) is 3.25. The third kappa shape index (κ3) is 3.94. The number of likely N-dealkylation sites (N-methyl/N-ethyl adjacent to an activating group) is 1. The smallest absolute Gasteiger partial charge is 0.220 e. The predicted octanol–water partition coefficient (Wildman–Crippen LogP) is 4.49. The largest absolute Gasteiger partial charge is 0.496 e. The molecule has 0 aliphatic carbocycles. The van der Waals surface area contributed by atoms with Gasteiger partial charge in [0.2, 0.25) is 11.8 Å². The summed E-state index contributed by atoms with van der Waals surface area (Å²) in [7, 11) is 3.82. The van der Waals surface area contributed by atoms with Crippen molar-refractivity contribution in [1.82, 2.24) is 19.9 Å². The Kier molecular flexibility index (Phi) is 5.33. The Labute approximate surface area is 186 Å². The lowest BCUT2D eigenvalue weighted by Crippen LogP contribution is -2.13. The number of hydrogen-bond acceptors (Lipinski definition) is 7. The molecule has 1 fully saturated rings. The van der Waals surface area contributed by atoms with Gasteiger partial charge in [-0.05, 0) is 67.4 Å². The molecule has 0 radical (unpaired) electrons. The summed E-state index contributed by atoms with van der Waals surface area (Å²) < 4.78 is 11.6. The fourth-order valence-electron chi connectivity index (χ4n) is 4.34. The van der Waals surface area contributed by atoms with Crippen LogP contribution in [0.2, 0.25) is 0 Å². The molecular formula is C25H25N5O2. The van der Waals surface area contributed by atoms with E-state index >= 15 is 0 Å². The van der Waals surface area contributed by atoms with E-state index in [0.29, 0.717) is 23.5 Å². The third-order valence-corrected chi connectivity index (χ3v) is 5.91. The van der Waals surface area contributed by atoms with Crippen LogP contribution in [-0.2, 0) is 0 Å². The third-order valence-electron chi connectivity index (χ3n) is 5.91. The maximum Gasteiger partial charge on any atom is 0.220 e. The highest BCUT2D eigenvalue weighted by atomic mass is 16.5. The number of nitrogens with zero attached hydrogens (tertiary/aromatic N) is 4. The van der Waals surface area contributed by atoms with Gasteiger partial charge in [0.05, 0.1) is 12.6 Å². The first-order chi connectivity index (χ1) is 15.6. The van der Waals surface area contributed by atoms with Crippen molar-refractivity contribution < 1.29 is 9.47 Å². The van der Waals surface area contributed by atoms with Gasteiger partial charge in [0.25, 0.3) is 0 Å². The Bertz CT molecular complexity index is 1260. The Hall–Kier alpha value is -3.71. The van der Waals surface area contributed by atoms with Crippen molar-refractivity contribution >= 4 is 16.9 Å². The molecule has 1 saturated heterocycles. The van der Waals surface area contributed by atoms with Crippen LogP contribution in [0.25, 0.3) is 22.0 Å². The summed E-state index contributed by atoms with van der Waals surface area (Å²) in [4.78, 5) is 15.4. The summed E-state index contributed by atoms with van der Waals surface area (Å²) in [6.07, 6.45) is 4.59. The van der Waals surface area contributed by atoms with E-state index < -0.39 is 0 Å². The number of aromatic nitrogens is 3. The van der Waals surface area contributed by atoms with E-state index in [0.717, 1.165) is 47.3 Å². The quantitative estimate of drug-likeness (QED) is 0.502. The van der Waals surface area contributed by atoms with Crippen molar-refractivity contribution in [2.45, 2.75) is 12.3 Å². The molecule has 1 atom stereocenters. The van der Waals surface area contributed by atoms with Crippen LogP contribution < -0.4 is 15.2 Å². The molecule has 32 heavy (non-hydrogen) atoms. The minimum absolute atomic E-state index is 0.298. The average molecular weight is 428 g/mol. The normalized spacial score (nSPS) is 16.4. The summed E-state index contributed by atoms with van der Waals surface area (Å²) in [6.45, 7) is 2.07. The first kappa shape index (κ1) is 20.2. The Morgan fingerprint density at radius 3 is 2.75 bits per heavy atom. The minimum atomic E-state index is 0.298. The molecule has 0 spiro atoms. The van der Waals surface area contributed by atoms with E-state index in [4.69, 9.17) is 15.2 Å². The number of rotatable bonds is 5. The number of anilines is 1. The SMILES string of the molecule is COc1cc(Oc2ccccn2)ccc1-c1cc(C2CCN(C)C2)c2nc(N)ncc2c1. The highest BCUT2D eigenvalue weighted by Gasteiger charge is 2.25. The lowest BCUT2D eigenvalue weighted by molar-refractivity contribution is 0.409. The molecule has 7 nitrogen and oxygen atoms in total. The van der Waals surface area contributed by atoms with Crippen LogP contribution in [0.15, 0.2) is 60.9 Å². The van der Waals surface area contributed by atoms with Gasteiger partial charge in [0.15, 0.2) is 0 Å². The topological polar surface area (TPSA) is 86.4 Å². The number of fused-ring (bicyclic) bond motifs is 1. The maximum absolute atomic E-state index is 5.92. The molecule has 2 aromatic heterocycles. The summed E-state index contributed by atoms with van der Waals surface area (Å²) in [5, 5.41) is 0.970. The van der Waals surface area contributed by atoms with Gasteiger partial charge in [-0.3, -0.25) is 0 Å². The fourth-order valence-corrected chi connectivity index (χ4v) is 4.34. The van der Waals surface area contributed by atoms with E-state index in [9.17, 15) is 0 Å². The monoisotopic (exact) mass is 427 g/mol. The summed E-state index contributed by atoms with van der Waals surface area (Å²) in [5.74, 6) is 2.62. The molecule has 1 aliphatic rings. The first-order valence-electron chi connectivity index (χ1n) is 10.6. The van der Waals surface area contributed by atoms with Gasteiger partial charge in [-0.25, -0.2) is 15.0 Å². The zero-order chi connectivity index (χ0) is 22.1. The Balaban J connectivity index is 1.58. The van der Waals surface area contributed by atoms with Crippen LogP contribution in [-0.4, -0.2) is 47.1 Å². The van der Waals surface area contributed by atoms with Crippen molar-refractivity contribution in [3.05, 3.63) is 66.5 Å². The number of ether oxygens (including phenoxy) is 2. The van der Waals surface area contributed by atoms with E-state index in [1.807, 2.05) is 36.4 Å². The molecule has 0 amide bonds. The summed E-state index contributed by atoms with van der Waals surface area (Å²) in [6, 6.07) is 15.7. The molecule has 4 aromatic rings. The number of benzene rings is 2. The van der Waals surface area contributed by atoms with Gasteiger partial charge in [-0.2, -0.15) is 0 Å². The molecule has 1 unspecified atom stereocenters. The number of nitrogen functional groups attached to an aromatic ring is 1. The van der Waals surface area contributed by atoms with Crippen molar-refractivity contribution in [3.8, 4) is 28.5 Å². The van der Waals surface area contributed by atoms with Crippen LogP contribution in [0.5, 0.6) is 17.4 Å². The van der Waals surface area contributed by atoms with E-state index in [2.05, 4.69) is 39.0 Å². The molecule has 5 rings (SSSR count). The number of pyridine rings is 1. The number of hydrogen-bond donors (Lipinski definition) is 1. The molecule has 2 N–H and O–H groups in total. The standard InChI is InChI=1S/C25H25N5O2/c1-30-10-8-16(15-30)21-12-17(11-18-14-28-25(26)29-24(18)21)20-7-6-19(13-22(20)31-2)32-23-5-3-4-9-27-23/h3-7,9,11-14,16H,8,10,15H2,1-2H3,(H2,26,28,29). The van der Waals surface area contributed by atoms with E-state index in [1.54, 1.807) is 19.5 Å². The van der Waals surface area contributed by atoms with Gasteiger partial charge < -0.3 is 20.1 Å².